The van der Waals surface area contributed by atoms with E-state index in [-0.39, 0.29) is 22.6 Å². The Balaban J connectivity index is 1.71. The Kier molecular flexibility index (Phi) is 5.96. The average molecular weight is 315 g/mol. The van der Waals surface area contributed by atoms with Crippen LogP contribution in [-0.2, 0) is 0 Å². The minimum atomic E-state index is -0.587. The number of rotatable bonds is 5. The Hall–Kier alpha value is -1.17. The molecule has 1 aliphatic heterocycles. The predicted molar refractivity (Wildman–Crippen MR) is 80.0 cm³/mol. The van der Waals surface area contributed by atoms with Crippen LogP contribution in [0.15, 0.2) is 18.2 Å². The van der Waals surface area contributed by atoms with E-state index < -0.39 is 5.82 Å². The number of aliphatic hydroxyl groups is 1. The molecule has 2 rings (SSSR count). The third kappa shape index (κ3) is 4.66. The molecule has 0 saturated carbocycles. The first-order chi connectivity index (χ1) is 10.1. The molecule has 0 atom stereocenters. The summed E-state index contributed by atoms with van der Waals surface area (Å²) in [6.45, 7) is 3.18. The van der Waals surface area contributed by atoms with Gasteiger partial charge in [-0.2, -0.15) is 0 Å². The summed E-state index contributed by atoms with van der Waals surface area (Å²) in [6.07, 6.45) is 2.27. The molecule has 0 radical (unpaired) electrons. The molecule has 1 aromatic carbocycles. The van der Waals surface area contributed by atoms with Crippen molar-refractivity contribution >= 4 is 17.5 Å². The van der Waals surface area contributed by atoms with Crippen LogP contribution in [0.5, 0.6) is 0 Å². The molecule has 1 saturated heterocycles. The molecule has 1 aromatic rings. The fraction of sp³-hybridized carbons (Fsp3) is 0.533. The van der Waals surface area contributed by atoms with Gasteiger partial charge in [0.05, 0.1) is 16.7 Å². The number of carbonyl (C=O) groups is 1. The number of piperidine rings is 1. The molecule has 0 bridgehead atoms. The van der Waals surface area contributed by atoms with Crippen LogP contribution in [0.25, 0.3) is 0 Å². The second-order valence-corrected chi connectivity index (χ2v) is 5.66. The standard InChI is InChI=1S/C15H20ClFN2O2/c16-14-12(3-1-4-13(14)17)15(21)18-7-2-8-19-9-5-11(20)6-10-19/h1,3-4,11,20H,2,5-10H2,(H,18,21). The van der Waals surface area contributed by atoms with Gasteiger partial charge in [0.15, 0.2) is 0 Å². The first-order valence-electron chi connectivity index (χ1n) is 7.20. The van der Waals surface area contributed by atoms with Crippen molar-refractivity contribution in [1.29, 1.82) is 0 Å². The van der Waals surface area contributed by atoms with Crippen molar-refractivity contribution < 1.29 is 14.3 Å². The van der Waals surface area contributed by atoms with E-state index >= 15 is 0 Å². The van der Waals surface area contributed by atoms with Crippen molar-refractivity contribution in [1.82, 2.24) is 10.2 Å². The Bertz CT molecular complexity index is 491. The van der Waals surface area contributed by atoms with Gasteiger partial charge >= 0.3 is 0 Å². The molecule has 0 spiro atoms. The highest BCUT2D eigenvalue weighted by atomic mass is 35.5. The average Bonchev–Trinajstić information content (AvgIpc) is 2.48. The highest BCUT2D eigenvalue weighted by Crippen LogP contribution is 2.19. The number of likely N-dealkylation sites (tertiary alicyclic amines) is 1. The highest BCUT2D eigenvalue weighted by Gasteiger charge is 2.16. The van der Waals surface area contributed by atoms with E-state index in [2.05, 4.69) is 10.2 Å². The monoisotopic (exact) mass is 314 g/mol. The molecule has 6 heteroatoms. The number of benzene rings is 1. The van der Waals surface area contributed by atoms with Gasteiger partial charge < -0.3 is 15.3 Å². The van der Waals surface area contributed by atoms with E-state index in [9.17, 15) is 14.3 Å². The largest absolute Gasteiger partial charge is 0.393 e. The zero-order valence-electron chi connectivity index (χ0n) is 11.8. The third-order valence-electron chi connectivity index (χ3n) is 3.69. The normalized spacial score (nSPS) is 16.9. The Morgan fingerprint density at radius 1 is 1.43 bits per heavy atom. The van der Waals surface area contributed by atoms with E-state index in [1.54, 1.807) is 0 Å². The number of amides is 1. The number of hydrogen-bond acceptors (Lipinski definition) is 3. The zero-order chi connectivity index (χ0) is 15.2. The van der Waals surface area contributed by atoms with E-state index in [1.165, 1.54) is 18.2 Å². The van der Waals surface area contributed by atoms with E-state index in [1.807, 2.05) is 0 Å². The van der Waals surface area contributed by atoms with Crippen molar-refractivity contribution in [3.05, 3.63) is 34.6 Å². The van der Waals surface area contributed by atoms with Crippen molar-refractivity contribution in [3.63, 3.8) is 0 Å². The van der Waals surface area contributed by atoms with Crippen molar-refractivity contribution in [2.24, 2.45) is 0 Å². The van der Waals surface area contributed by atoms with Gasteiger partial charge in [-0.15, -0.1) is 0 Å². The summed E-state index contributed by atoms with van der Waals surface area (Å²) in [5, 5.41) is 12.0. The summed E-state index contributed by atoms with van der Waals surface area (Å²) in [7, 11) is 0. The number of nitrogens with one attached hydrogen (secondary N) is 1. The summed E-state index contributed by atoms with van der Waals surface area (Å²) in [5.74, 6) is -0.940. The van der Waals surface area contributed by atoms with Crippen LogP contribution >= 0.6 is 11.6 Å². The van der Waals surface area contributed by atoms with Gasteiger partial charge in [-0.25, -0.2) is 4.39 Å². The second kappa shape index (κ2) is 7.73. The fourth-order valence-corrected chi connectivity index (χ4v) is 2.63. The molecule has 4 nitrogen and oxygen atoms in total. The molecule has 0 unspecified atom stereocenters. The summed E-state index contributed by atoms with van der Waals surface area (Å²) < 4.78 is 13.3. The number of carbonyl (C=O) groups excluding carboxylic acids is 1. The van der Waals surface area contributed by atoms with Gasteiger partial charge in [-0.3, -0.25) is 4.79 Å². The predicted octanol–water partition coefficient (Wildman–Crippen LogP) is 2.06. The number of hydrogen-bond donors (Lipinski definition) is 2. The Morgan fingerprint density at radius 2 is 2.14 bits per heavy atom. The van der Waals surface area contributed by atoms with Crippen LogP contribution in [0.2, 0.25) is 5.02 Å². The lowest BCUT2D eigenvalue weighted by atomic mass is 10.1. The smallest absolute Gasteiger partial charge is 0.252 e. The van der Waals surface area contributed by atoms with Gasteiger partial charge in [0.1, 0.15) is 5.82 Å². The molecule has 116 valence electrons. The first kappa shape index (κ1) is 16.2. The summed E-state index contributed by atoms with van der Waals surface area (Å²) in [5.41, 5.74) is 0.165. The Morgan fingerprint density at radius 3 is 2.86 bits per heavy atom. The third-order valence-corrected chi connectivity index (χ3v) is 4.07. The van der Waals surface area contributed by atoms with Gasteiger partial charge in [0, 0.05) is 19.6 Å². The molecule has 1 heterocycles. The molecule has 21 heavy (non-hydrogen) atoms. The minimum absolute atomic E-state index is 0.139. The van der Waals surface area contributed by atoms with Crippen LogP contribution in [-0.4, -0.2) is 48.2 Å². The number of halogens is 2. The van der Waals surface area contributed by atoms with E-state index in [4.69, 9.17) is 11.6 Å². The zero-order valence-corrected chi connectivity index (χ0v) is 12.6. The van der Waals surface area contributed by atoms with Crippen molar-refractivity contribution in [2.75, 3.05) is 26.2 Å². The maximum atomic E-state index is 13.3. The molecular formula is C15H20ClFN2O2. The quantitative estimate of drug-likeness (QED) is 0.818. The Labute approximate surface area is 128 Å². The van der Waals surface area contributed by atoms with Crippen LogP contribution < -0.4 is 5.32 Å². The molecule has 1 amide bonds. The van der Waals surface area contributed by atoms with Crippen molar-refractivity contribution in [2.45, 2.75) is 25.4 Å². The first-order valence-corrected chi connectivity index (χ1v) is 7.58. The van der Waals surface area contributed by atoms with Crippen LogP contribution in [0.3, 0.4) is 0 Å². The number of nitrogens with zero attached hydrogens (tertiary/aromatic N) is 1. The van der Waals surface area contributed by atoms with Crippen LogP contribution in [0.4, 0.5) is 4.39 Å². The lowest BCUT2D eigenvalue weighted by molar-refractivity contribution is 0.0816. The second-order valence-electron chi connectivity index (χ2n) is 5.28. The SMILES string of the molecule is O=C(NCCCN1CCC(O)CC1)c1cccc(F)c1Cl. The van der Waals surface area contributed by atoms with Gasteiger partial charge in [0.25, 0.3) is 5.91 Å². The summed E-state index contributed by atoms with van der Waals surface area (Å²) in [4.78, 5) is 14.2. The van der Waals surface area contributed by atoms with Gasteiger partial charge in [-0.05, 0) is 37.9 Å². The summed E-state index contributed by atoms with van der Waals surface area (Å²) in [6, 6.07) is 4.20. The van der Waals surface area contributed by atoms with Crippen LogP contribution in [0.1, 0.15) is 29.6 Å². The van der Waals surface area contributed by atoms with Gasteiger partial charge in [0.2, 0.25) is 0 Å². The lowest BCUT2D eigenvalue weighted by Crippen LogP contribution is -2.37. The summed E-state index contributed by atoms with van der Waals surface area (Å²) >= 11 is 5.77. The van der Waals surface area contributed by atoms with E-state index in [0.717, 1.165) is 38.9 Å². The lowest BCUT2D eigenvalue weighted by Gasteiger charge is -2.29. The maximum absolute atomic E-state index is 13.3. The molecular weight excluding hydrogens is 295 g/mol. The van der Waals surface area contributed by atoms with Crippen LogP contribution in [0, 0.1) is 5.82 Å². The maximum Gasteiger partial charge on any atom is 0.252 e. The molecule has 0 aliphatic carbocycles. The number of aliphatic hydroxyl groups excluding tert-OH is 1. The van der Waals surface area contributed by atoms with E-state index in [0.29, 0.717) is 6.54 Å². The highest BCUT2D eigenvalue weighted by molar-refractivity contribution is 6.34. The van der Waals surface area contributed by atoms with Crippen molar-refractivity contribution in [3.8, 4) is 0 Å². The molecule has 0 aromatic heterocycles. The fourth-order valence-electron chi connectivity index (χ4n) is 2.42. The van der Waals surface area contributed by atoms with Gasteiger partial charge in [-0.1, -0.05) is 17.7 Å². The topological polar surface area (TPSA) is 52.6 Å². The molecule has 1 aliphatic rings. The minimum Gasteiger partial charge on any atom is -0.393 e. The molecule has 1 fully saturated rings. The molecule has 2 N–H and O–H groups in total.